The van der Waals surface area contributed by atoms with Crippen molar-refractivity contribution < 1.29 is 14.3 Å². The number of carbonyl (C=O) groups is 1. The van der Waals surface area contributed by atoms with Gasteiger partial charge in [0.15, 0.2) is 11.5 Å². The summed E-state index contributed by atoms with van der Waals surface area (Å²) in [7, 11) is 3.15. The molecule has 6 nitrogen and oxygen atoms in total. The number of pyridine rings is 1. The zero-order chi connectivity index (χ0) is 17.6. The van der Waals surface area contributed by atoms with Gasteiger partial charge in [0, 0.05) is 18.0 Å². The lowest BCUT2D eigenvalue weighted by atomic mass is 10.1. The number of nitrogens with one attached hydrogen (secondary N) is 1. The van der Waals surface area contributed by atoms with Crippen molar-refractivity contribution in [3.8, 4) is 22.1 Å². The average Bonchev–Trinajstić information content (AvgIpc) is 3.10. The van der Waals surface area contributed by atoms with Gasteiger partial charge in [-0.25, -0.2) is 4.98 Å². The minimum absolute atomic E-state index is 0.114. The number of hydrogen-bond donors (Lipinski definition) is 1. The van der Waals surface area contributed by atoms with E-state index in [2.05, 4.69) is 15.3 Å². The molecular weight excluding hydrogens is 338 g/mol. The summed E-state index contributed by atoms with van der Waals surface area (Å²) in [5, 5.41) is 4.42. The van der Waals surface area contributed by atoms with Crippen LogP contribution in [-0.2, 0) is 11.2 Å². The standard InChI is InChI=1S/C18H17N3O3S/c1-23-14-4-3-12(9-15(14)24-2)10-16(22)21-17-11-20-18(25-17)13-5-7-19-8-6-13/h3-9,11H,10H2,1-2H3,(H,21,22). The smallest absolute Gasteiger partial charge is 0.229 e. The van der Waals surface area contributed by atoms with Crippen LogP contribution >= 0.6 is 11.3 Å². The Kier molecular flexibility index (Phi) is 5.25. The SMILES string of the molecule is COc1ccc(CC(=O)Nc2cnc(-c3ccncc3)s2)cc1OC. The van der Waals surface area contributed by atoms with Crippen molar-refractivity contribution >= 4 is 22.2 Å². The topological polar surface area (TPSA) is 73.3 Å². The van der Waals surface area contributed by atoms with E-state index < -0.39 is 0 Å². The van der Waals surface area contributed by atoms with Crippen LogP contribution in [0.1, 0.15) is 5.56 Å². The quantitative estimate of drug-likeness (QED) is 0.733. The number of benzene rings is 1. The van der Waals surface area contributed by atoms with Crippen molar-refractivity contribution in [1.29, 1.82) is 0 Å². The minimum Gasteiger partial charge on any atom is -0.493 e. The zero-order valence-electron chi connectivity index (χ0n) is 13.9. The van der Waals surface area contributed by atoms with Gasteiger partial charge in [-0.2, -0.15) is 0 Å². The number of methoxy groups -OCH3 is 2. The molecule has 0 atom stereocenters. The molecule has 1 aromatic carbocycles. The zero-order valence-corrected chi connectivity index (χ0v) is 14.7. The fraction of sp³-hybridized carbons (Fsp3) is 0.167. The molecule has 0 spiro atoms. The lowest BCUT2D eigenvalue weighted by Gasteiger charge is -2.09. The molecule has 0 saturated heterocycles. The van der Waals surface area contributed by atoms with Crippen LogP contribution in [0.2, 0.25) is 0 Å². The third-order valence-corrected chi connectivity index (χ3v) is 4.47. The molecule has 25 heavy (non-hydrogen) atoms. The van der Waals surface area contributed by atoms with Gasteiger partial charge in [0.25, 0.3) is 0 Å². The summed E-state index contributed by atoms with van der Waals surface area (Å²) in [6, 6.07) is 9.20. The number of hydrogen-bond acceptors (Lipinski definition) is 6. The van der Waals surface area contributed by atoms with Crippen molar-refractivity contribution in [3.05, 3.63) is 54.5 Å². The van der Waals surface area contributed by atoms with E-state index in [9.17, 15) is 4.79 Å². The molecule has 0 aliphatic heterocycles. The van der Waals surface area contributed by atoms with Crippen LogP contribution < -0.4 is 14.8 Å². The molecule has 0 bridgehead atoms. The lowest BCUT2D eigenvalue weighted by Crippen LogP contribution is -2.13. The van der Waals surface area contributed by atoms with E-state index in [1.54, 1.807) is 44.9 Å². The number of carbonyl (C=O) groups excluding carboxylic acids is 1. The summed E-state index contributed by atoms with van der Waals surface area (Å²) in [5.41, 5.74) is 1.81. The van der Waals surface area contributed by atoms with Gasteiger partial charge in [0.05, 0.1) is 26.8 Å². The molecule has 3 aromatic rings. The van der Waals surface area contributed by atoms with Crippen molar-refractivity contribution in [1.82, 2.24) is 9.97 Å². The molecule has 0 saturated carbocycles. The number of ether oxygens (including phenoxy) is 2. The Morgan fingerprint density at radius 1 is 1.12 bits per heavy atom. The number of amides is 1. The van der Waals surface area contributed by atoms with Crippen LogP contribution in [0.15, 0.2) is 48.9 Å². The number of aromatic nitrogens is 2. The maximum Gasteiger partial charge on any atom is 0.229 e. The third-order valence-electron chi connectivity index (χ3n) is 3.51. The van der Waals surface area contributed by atoms with E-state index in [1.807, 2.05) is 18.2 Å². The predicted molar refractivity (Wildman–Crippen MR) is 97.2 cm³/mol. The first kappa shape index (κ1) is 16.9. The van der Waals surface area contributed by atoms with Gasteiger partial charge in [0.2, 0.25) is 5.91 Å². The Labute approximate surface area is 149 Å². The fourth-order valence-corrected chi connectivity index (χ4v) is 3.16. The molecule has 0 fully saturated rings. The van der Waals surface area contributed by atoms with E-state index in [-0.39, 0.29) is 12.3 Å². The monoisotopic (exact) mass is 355 g/mol. The van der Waals surface area contributed by atoms with Crippen LogP contribution in [0, 0.1) is 0 Å². The van der Waals surface area contributed by atoms with Crippen molar-refractivity contribution in [2.24, 2.45) is 0 Å². The molecule has 0 aliphatic rings. The molecule has 0 radical (unpaired) electrons. The Bertz CT molecular complexity index is 865. The summed E-state index contributed by atoms with van der Waals surface area (Å²) >= 11 is 1.42. The highest BCUT2D eigenvalue weighted by molar-refractivity contribution is 7.19. The molecule has 0 aliphatic carbocycles. The van der Waals surface area contributed by atoms with Gasteiger partial charge in [0.1, 0.15) is 10.0 Å². The highest BCUT2D eigenvalue weighted by Gasteiger charge is 2.11. The van der Waals surface area contributed by atoms with Crippen LogP contribution in [0.4, 0.5) is 5.00 Å². The predicted octanol–water partition coefficient (Wildman–Crippen LogP) is 3.40. The van der Waals surface area contributed by atoms with Crippen molar-refractivity contribution in [2.75, 3.05) is 19.5 Å². The van der Waals surface area contributed by atoms with Gasteiger partial charge in [-0.1, -0.05) is 17.4 Å². The van der Waals surface area contributed by atoms with Crippen molar-refractivity contribution in [3.63, 3.8) is 0 Å². The van der Waals surface area contributed by atoms with E-state index in [0.717, 1.165) is 16.1 Å². The second-order valence-electron chi connectivity index (χ2n) is 5.18. The number of nitrogens with zero attached hydrogens (tertiary/aromatic N) is 2. The summed E-state index contributed by atoms with van der Waals surface area (Å²) in [6.45, 7) is 0. The first-order valence-corrected chi connectivity index (χ1v) is 8.38. The highest BCUT2D eigenvalue weighted by atomic mass is 32.1. The maximum absolute atomic E-state index is 12.3. The molecule has 128 valence electrons. The van der Waals surface area contributed by atoms with Gasteiger partial charge in [-0.05, 0) is 29.8 Å². The summed E-state index contributed by atoms with van der Waals surface area (Å²) in [4.78, 5) is 20.6. The van der Waals surface area contributed by atoms with E-state index >= 15 is 0 Å². The second kappa shape index (κ2) is 7.76. The molecule has 3 rings (SSSR count). The van der Waals surface area contributed by atoms with Crippen LogP contribution in [0.25, 0.3) is 10.6 Å². The number of anilines is 1. The normalized spacial score (nSPS) is 10.3. The van der Waals surface area contributed by atoms with Crippen LogP contribution in [0.5, 0.6) is 11.5 Å². The molecule has 1 N–H and O–H groups in total. The Morgan fingerprint density at radius 3 is 2.60 bits per heavy atom. The summed E-state index contributed by atoms with van der Waals surface area (Å²) in [6.07, 6.45) is 5.33. The van der Waals surface area contributed by atoms with Crippen molar-refractivity contribution in [2.45, 2.75) is 6.42 Å². The molecule has 2 heterocycles. The molecule has 2 aromatic heterocycles. The number of rotatable bonds is 6. The highest BCUT2D eigenvalue weighted by Crippen LogP contribution is 2.29. The fourth-order valence-electron chi connectivity index (χ4n) is 2.32. The first-order valence-electron chi connectivity index (χ1n) is 7.56. The Balaban J connectivity index is 1.66. The average molecular weight is 355 g/mol. The molecule has 0 unspecified atom stereocenters. The Morgan fingerprint density at radius 2 is 1.88 bits per heavy atom. The first-order chi connectivity index (χ1) is 12.2. The largest absolute Gasteiger partial charge is 0.493 e. The van der Waals surface area contributed by atoms with Gasteiger partial charge >= 0.3 is 0 Å². The molecule has 7 heteroatoms. The summed E-state index contributed by atoms with van der Waals surface area (Å²) < 4.78 is 10.5. The van der Waals surface area contributed by atoms with Gasteiger partial charge in [-0.3, -0.25) is 9.78 Å². The van der Waals surface area contributed by atoms with Gasteiger partial charge in [-0.15, -0.1) is 0 Å². The third kappa shape index (κ3) is 4.13. The second-order valence-corrected chi connectivity index (χ2v) is 6.21. The van der Waals surface area contributed by atoms with E-state index in [1.165, 1.54) is 11.3 Å². The molecular formula is C18H17N3O3S. The van der Waals surface area contributed by atoms with Crippen LogP contribution in [0.3, 0.4) is 0 Å². The van der Waals surface area contributed by atoms with Crippen LogP contribution in [-0.4, -0.2) is 30.1 Å². The summed E-state index contributed by atoms with van der Waals surface area (Å²) in [5.74, 6) is 1.12. The Hall–Kier alpha value is -2.93. The molecule has 1 amide bonds. The maximum atomic E-state index is 12.3. The van der Waals surface area contributed by atoms with Gasteiger partial charge < -0.3 is 14.8 Å². The van der Waals surface area contributed by atoms with E-state index in [4.69, 9.17) is 9.47 Å². The lowest BCUT2D eigenvalue weighted by molar-refractivity contribution is -0.115. The van der Waals surface area contributed by atoms with E-state index in [0.29, 0.717) is 16.5 Å². The number of thiazole rings is 1. The minimum atomic E-state index is -0.114.